The van der Waals surface area contributed by atoms with E-state index in [1.807, 2.05) is 0 Å². The van der Waals surface area contributed by atoms with Crippen LogP contribution < -0.4 is 5.32 Å². The summed E-state index contributed by atoms with van der Waals surface area (Å²) in [6.45, 7) is 7.74. The lowest BCUT2D eigenvalue weighted by atomic mass is 10.1. The molecule has 1 aromatic carbocycles. The first-order chi connectivity index (χ1) is 6.72. The van der Waals surface area contributed by atoms with E-state index in [9.17, 15) is 0 Å². The van der Waals surface area contributed by atoms with Crippen LogP contribution in [0.25, 0.3) is 0 Å². The molecule has 14 heavy (non-hydrogen) atoms. The van der Waals surface area contributed by atoms with Gasteiger partial charge in [-0.05, 0) is 31.4 Å². The van der Waals surface area contributed by atoms with E-state index in [1.54, 1.807) is 0 Å². The molecule has 1 nitrogen and oxygen atoms in total. The Bertz CT molecular complexity index is 250. The van der Waals surface area contributed by atoms with Gasteiger partial charge in [0.1, 0.15) is 0 Å². The van der Waals surface area contributed by atoms with E-state index < -0.39 is 0 Å². The van der Waals surface area contributed by atoms with Crippen LogP contribution in [-0.4, -0.2) is 6.54 Å². The molecule has 1 heteroatoms. The molecular formula is C13H21N. The Morgan fingerprint density at radius 3 is 2.43 bits per heavy atom. The molecule has 0 bridgehead atoms. The van der Waals surface area contributed by atoms with E-state index in [1.165, 1.54) is 24.1 Å². The molecule has 1 aromatic rings. The second-order valence-corrected chi connectivity index (χ2v) is 4.09. The third-order valence-electron chi connectivity index (χ3n) is 2.71. The van der Waals surface area contributed by atoms with Crippen LogP contribution in [0.1, 0.15) is 32.3 Å². The molecule has 0 radical (unpaired) electrons. The number of anilines is 1. The van der Waals surface area contributed by atoms with E-state index in [4.69, 9.17) is 0 Å². The van der Waals surface area contributed by atoms with Gasteiger partial charge in [0.25, 0.3) is 0 Å². The minimum absolute atomic E-state index is 0.827. The number of aryl methyl sites for hydroxylation is 1. The standard InChI is InChI=1S/C13H21N/c1-4-11(2)9-10-14-13-7-5-12(3)6-8-13/h5-8,11,14H,4,9-10H2,1-3H3. The normalized spacial score (nSPS) is 12.5. The lowest BCUT2D eigenvalue weighted by molar-refractivity contribution is 0.532. The fourth-order valence-electron chi connectivity index (χ4n) is 1.34. The zero-order valence-corrected chi connectivity index (χ0v) is 9.51. The van der Waals surface area contributed by atoms with Crippen LogP contribution in [0.5, 0.6) is 0 Å². The van der Waals surface area contributed by atoms with Crippen molar-refractivity contribution >= 4 is 5.69 Å². The first-order valence-electron chi connectivity index (χ1n) is 5.53. The molecule has 0 aliphatic heterocycles. The topological polar surface area (TPSA) is 12.0 Å². The second kappa shape index (κ2) is 5.69. The Morgan fingerprint density at radius 1 is 1.21 bits per heavy atom. The largest absolute Gasteiger partial charge is 0.385 e. The molecule has 0 aromatic heterocycles. The highest BCUT2D eigenvalue weighted by atomic mass is 14.9. The van der Waals surface area contributed by atoms with Crippen molar-refractivity contribution in [3.63, 3.8) is 0 Å². The molecule has 0 aliphatic rings. The van der Waals surface area contributed by atoms with E-state index in [-0.39, 0.29) is 0 Å². The molecule has 0 fully saturated rings. The highest BCUT2D eigenvalue weighted by Gasteiger charge is 1.97. The van der Waals surface area contributed by atoms with E-state index >= 15 is 0 Å². The summed E-state index contributed by atoms with van der Waals surface area (Å²) in [5.74, 6) is 0.827. The molecule has 0 heterocycles. The number of hydrogen-bond acceptors (Lipinski definition) is 1. The Morgan fingerprint density at radius 2 is 1.86 bits per heavy atom. The molecule has 0 saturated heterocycles. The second-order valence-electron chi connectivity index (χ2n) is 4.09. The minimum Gasteiger partial charge on any atom is -0.385 e. The van der Waals surface area contributed by atoms with Crippen molar-refractivity contribution in [2.45, 2.75) is 33.6 Å². The summed E-state index contributed by atoms with van der Waals surface area (Å²) in [7, 11) is 0. The van der Waals surface area contributed by atoms with Gasteiger partial charge in [0.15, 0.2) is 0 Å². The van der Waals surface area contributed by atoms with Crippen molar-refractivity contribution in [2.24, 2.45) is 5.92 Å². The highest BCUT2D eigenvalue weighted by Crippen LogP contribution is 2.10. The monoisotopic (exact) mass is 191 g/mol. The number of rotatable bonds is 5. The third-order valence-corrected chi connectivity index (χ3v) is 2.71. The van der Waals surface area contributed by atoms with Gasteiger partial charge in [0, 0.05) is 12.2 Å². The molecule has 78 valence electrons. The molecule has 0 aliphatic carbocycles. The highest BCUT2D eigenvalue weighted by molar-refractivity contribution is 5.44. The smallest absolute Gasteiger partial charge is 0.0340 e. The van der Waals surface area contributed by atoms with E-state index in [2.05, 4.69) is 50.4 Å². The number of benzene rings is 1. The van der Waals surface area contributed by atoms with Crippen LogP contribution in [0.3, 0.4) is 0 Å². The number of nitrogens with one attached hydrogen (secondary N) is 1. The predicted octanol–water partition coefficient (Wildman–Crippen LogP) is 3.84. The average Bonchev–Trinajstić information content (AvgIpc) is 2.21. The lowest BCUT2D eigenvalue weighted by Crippen LogP contribution is -2.05. The zero-order chi connectivity index (χ0) is 10.4. The summed E-state index contributed by atoms with van der Waals surface area (Å²) < 4.78 is 0. The van der Waals surface area contributed by atoms with Gasteiger partial charge in [-0.3, -0.25) is 0 Å². The quantitative estimate of drug-likeness (QED) is 0.745. The van der Waals surface area contributed by atoms with Gasteiger partial charge in [0.05, 0.1) is 0 Å². The van der Waals surface area contributed by atoms with Gasteiger partial charge >= 0.3 is 0 Å². The van der Waals surface area contributed by atoms with Crippen molar-refractivity contribution in [1.29, 1.82) is 0 Å². The Labute approximate surface area is 87.5 Å². The SMILES string of the molecule is CCC(C)CCNc1ccc(C)cc1. The first-order valence-corrected chi connectivity index (χ1v) is 5.53. The van der Waals surface area contributed by atoms with E-state index in [0.29, 0.717) is 0 Å². The summed E-state index contributed by atoms with van der Waals surface area (Å²) in [5.41, 5.74) is 2.55. The number of hydrogen-bond donors (Lipinski definition) is 1. The van der Waals surface area contributed by atoms with Crippen LogP contribution in [0.15, 0.2) is 24.3 Å². The van der Waals surface area contributed by atoms with Gasteiger partial charge in [-0.2, -0.15) is 0 Å². The average molecular weight is 191 g/mol. The molecule has 0 spiro atoms. The Balaban J connectivity index is 2.28. The zero-order valence-electron chi connectivity index (χ0n) is 9.51. The van der Waals surface area contributed by atoms with Crippen molar-refractivity contribution < 1.29 is 0 Å². The molecule has 1 rings (SSSR count). The molecule has 1 unspecified atom stereocenters. The summed E-state index contributed by atoms with van der Waals surface area (Å²) in [6.07, 6.45) is 2.53. The molecular weight excluding hydrogens is 170 g/mol. The van der Waals surface area contributed by atoms with E-state index in [0.717, 1.165) is 12.5 Å². The van der Waals surface area contributed by atoms with Gasteiger partial charge < -0.3 is 5.32 Å². The van der Waals surface area contributed by atoms with Crippen LogP contribution in [0.2, 0.25) is 0 Å². The molecule has 0 saturated carbocycles. The maximum atomic E-state index is 3.44. The third kappa shape index (κ3) is 3.82. The van der Waals surface area contributed by atoms with Crippen molar-refractivity contribution in [2.75, 3.05) is 11.9 Å². The fraction of sp³-hybridized carbons (Fsp3) is 0.538. The van der Waals surface area contributed by atoms with Crippen LogP contribution in [0, 0.1) is 12.8 Å². The van der Waals surface area contributed by atoms with Gasteiger partial charge in [-0.15, -0.1) is 0 Å². The summed E-state index contributed by atoms with van der Waals surface area (Å²) in [6, 6.07) is 8.58. The van der Waals surface area contributed by atoms with Crippen molar-refractivity contribution in [1.82, 2.24) is 0 Å². The summed E-state index contributed by atoms with van der Waals surface area (Å²) in [5, 5.41) is 3.44. The Hall–Kier alpha value is -0.980. The minimum atomic E-state index is 0.827. The lowest BCUT2D eigenvalue weighted by Gasteiger charge is -2.10. The maximum Gasteiger partial charge on any atom is 0.0340 e. The molecule has 1 N–H and O–H groups in total. The fourth-order valence-corrected chi connectivity index (χ4v) is 1.34. The molecule has 0 amide bonds. The van der Waals surface area contributed by atoms with Crippen molar-refractivity contribution in [3.8, 4) is 0 Å². The van der Waals surface area contributed by atoms with Crippen LogP contribution in [-0.2, 0) is 0 Å². The van der Waals surface area contributed by atoms with Crippen molar-refractivity contribution in [3.05, 3.63) is 29.8 Å². The summed E-state index contributed by atoms with van der Waals surface area (Å²) >= 11 is 0. The maximum absolute atomic E-state index is 3.44. The predicted molar refractivity (Wildman–Crippen MR) is 63.7 cm³/mol. The van der Waals surface area contributed by atoms with Gasteiger partial charge in [0.2, 0.25) is 0 Å². The van der Waals surface area contributed by atoms with Gasteiger partial charge in [-0.25, -0.2) is 0 Å². The van der Waals surface area contributed by atoms with Crippen LogP contribution >= 0.6 is 0 Å². The molecule has 1 atom stereocenters. The van der Waals surface area contributed by atoms with Gasteiger partial charge in [-0.1, -0.05) is 38.0 Å². The van der Waals surface area contributed by atoms with Crippen LogP contribution in [0.4, 0.5) is 5.69 Å². The Kier molecular flexibility index (Phi) is 4.51. The summed E-state index contributed by atoms with van der Waals surface area (Å²) in [4.78, 5) is 0. The first kappa shape index (κ1) is 11.1.